The zero-order valence-corrected chi connectivity index (χ0v) is 20.6. The molecule has 8 atom stereocenters. The van der Waals surface area contributed by atoms with Gasteiger partial charge in [0, 0.05) is 0 Å². The van der Waals surface area contributed by atoms with Crippen LogP contribution in [-0.2, 0) is 0 Å². The number of allylic oxidation sites excluding steroid dienone is 2. The van der Waals surface area contributed by atoms with Gasteiger partial charge >= 0.3 is 0 Å². The lowest BCUT2D eigenvalue weighted by molar-refractivity contribution is -0.0528. The summed E-state index contributed by atoms with van der Waals surface area (Å²) >= 11 is 0. The highest BCUT2D eigenvalue weighted by Crippen LogP contribution is 2.67. The Bertz CT molecular complexity index is 599. The Morgan fingerprint density at radius 1 is 0.966 bits per heavy atom. The van der Waals surface area contributed by atoms with Gasteiger partial charge in [0.15, 0.2) is 0 Å². The average Bonchev–Trinajstić information content (AvgIpc) is 3.04. The van der Waals surface area contributed by atoms with E-state index in [-0.39, 0.29) is 0 Å². The lowest BCUT2D eigenvalue weighted by atomic mass is 9.46. The van der Waals surface area contributed by atoms with Gasteiger partial charge in [0.1, 0.15) is 0 Å². The van der Waals surface area contributed by atoms with E-state index in [0.29, 0.717) is 10.8 Å². The first-order valence-electron chi connectivity index (χ1n) is 13.5. The van der Waals surface area contributed by atoms with Crippen LogP contribution in [0.5, 0.6) is 0 Å². The minimum atomic E-state index is 0.552. The summed E-state index contributed by atoms with van der Waals surface area (Å²) < 4.78 is 0. The SMILES string of the molecule is CCC1CCC2(C)C(=CCC3C2CCC2(C)C(C(C)CCCC(C)C)CCC32)C1. The van der Waals surface area contributed by atoms with E-state index in [4.69, 9.17) is 0 Å². The molecule has 0 nitrogen and oxygen atoms in total. The van der Waals surface area contributed by atoms with E-state index in [0.717, 1.165) is 41.4 Å². The van der Waals surface area contributed by atoms with Gasteiger partial charge in [-0.3, -0.25) is 0 Å². The number of fused-ring (bicyclic) bond motifs is 5. The number of hydrogen-bond acceptors (Lipinski definition) is 0. The lowest BCUT2D eigenvalue weighted by Crippen LogP contribution is -2.50. The van der Waals surface area contributed by atoms with Gasteiger partial charge in [0.05, 0.1) is 0 Å². The zero-order valence-electron chi connectivity index (χ0n) is 20.6. The normalized spacial score (nSPS) is 45.3. The molecule has 0 aromatic carbocycles. The molecule has 0 aromatic rings. The molecule has 0 heteroatoms. The van der Waals surface area contributed by atoms with E-state index in [1.165, 1.54) is 77.0 Å². The minimum Gasteiger partial charge on any atom is -0.0845 e. The molecule has 0 aliphatic heterocycles. The second-order valence-electron chi connectivity index (χ2n) is 12.8. The molecule has 166 valence electrons. The quantitative estimate of drug-likeness (QED) is 0.391. The fourth-order valence-electron chi connectivity index (χ4n) is 9.11. The van der Waals surface area contributed by atoms with Crippen molar-refractivity contribution < 1.29 is 0 Å². The van der Waals surface area contributed by atoms with Gasteiger partial charge < -0.3 is 0 Å². The Morgan fingerprint density at radius 2 is 1.76 bits per heavy atom. The first-order chi connectivity index (χ1) is 13.8. The predicted octanol–water partition coefficient (Wildman–Crippen LogP) is 9.05. The molecule has 0 amide bonds. The van der Waals surface area contributed by atoms with Crippen molar-refractivity contribution in [1.29, 1.82) is 0 Å². The minimum absolute atomic E-state index is 0.552. The van der Waals surface area contributed by atoms with Crippen molar-refractivity contribution in [3.05, 3.63) is 11.6 Å². The second-order valence-corrected chi connectivity index (χ2v) is 12.8. The van der Waals surface area contributed by atoms with Gasteiger partial charge in [0.2, 0.25) is 0 Å². The Balaban J connectivity index is 1.48. The third-order valence-corrected chi connectivity index (χ3v) is 11.0. The van der Waals surface area contributed by atoms with Crippen molar-refractivity contribution in [1.82, 2.24) is 0 Å². The standard InChI is InChI=1S/C29H50/c1-7-22-15-17-28(5)23(19-22)11-12-24-26-14-13-25(21(4)10-8-9-20(2)3)29(26,6)18-16-27(24)28/h11,20-22,24-27H,7-10,12-19H2,1-6H3. The summed E-state index contributed by atoms with van der Waals surface area (Å²) in [7, 11) is 0. The van der Waals surface area contributed by atoms with Crippen LogP contribution in [0.15, 0.2) is 11.6 Å². The molecule has 0 N–H and O–H groups in total. The van der Waals surface area contributed by atoms with E-state index in [2.05, 4.69) is 47.6 Å². The maximum atomic E-state index is 2.77. The summed E-state index contributed by atoms with van der Waals surface area (Å²) in [6, 6.07) is 0. The molecule has 8 unspecified atom stereocenters. The van der Waals surface area contributed by atoms with Gasteiger partial charge in [-0.15, -0.1) is 0 Å². The van der Waals surface area contributed by atoms with Crippen molar-refractivity contribution in [2.75, 3.05) is 0 Å². The van der Waals surface area contributed by atoms with E-state index in [1.54, 1.807) is 0 Å². The van der Waals surface area contributed by atoms with Crippen LogP contribution in [0, 0.1) is 52.3 Å². The molecular weight excluding hydrogens is 348 g/mol. The second kappa shape index (κ2) is 8.35. The smallest absolute Gasteiger partial charge is 0.00851 e. The Morgan fingerprint density at radius 3 is 2.48 bits per heavy atom. The van der Waals surface area contributed by atoms with Crippen molar-refractivity contribution in [2.24, 2.45) is 52.3 Å². The van der Waals surface area contributed by atoms with Crippen LogP contribution in [-0.4, -0.2) is 0 Å². The van der Waals surface area contributed by atoms with Crippen LogP contribution < -0.4 is 0 Å². The Hall–Kier alpha value is -0.260. The summed E-state index contributed by atoms with van der Waals surface area (Å²) in [5.74, 6) is 6.78. The predicted molar refractivity (Wildman–Crippen MR) is 127 cm³/mol. The zero-order chi connectivity index (χ0) is 20.8. The van der Waals surface area contributed by atoms with E-state index in [1.807, 2.05) is 5.57 Å². The largest absolute Gasteiger partial charge is 0.0845 e. The summed E-state index contributed by atoms with van der Waals surface area (Å²) in [4.78, 5) is 0. The molecule has 4 aliphatic carbocycles. The van der Waals surface area contributed by atoms with Crippen LogP contribution in [0.1, 0.15) is 119 Å². The fraction of sp³-hybridized carbons (Fsp3) is 0.931. The summed E-state index contributed by atoms with van der Waals surface area (Å²) in [6.45, 7) is 15.2. The molecule has 0 bridgehead atoms. The van der Waals surface area contributed by atoms with Crippen LogP contribution in [0.3, 0.4) is 0 Å². The van der Waals surface area contributed by atoms with Crippen molar-refractivity contribution in [3.8, 4) is 0 Å². The van der Waals surface area contributed by atoms with Gasteiger partial charge in [-0.25, -0.2) is 0 Å². The molecular formula is C29H50. The monoisotopic (exact) mass is 398 g/mol. The van der Waals surface area contributed by atoms with Crippen molar-refractivity contribution in [3.63, 3.8) is 0 Å². The molecule has 0 saturated heterocycles. The summed E-state index contributed by atoms with van der Waals surface area (Å²) in [6.07, 6.45) is 20.4. The van der Waals surface area contributed by atoms with Crippen molar-refractivity contribution >= 4 is 0 Å². The van der Waals surface area contributed by atoms with Crippen LogP contribution >= 0.6 is 0 Å². The van der Waals surface area contributed by atoms with Gasteiger partial charge in [-0.2, -0.15) is 0 Å². The molecule has 4 aliphatic rings. The van der Waals surface area contributed by atoms with Gasteiger partial charge in [0.25, 0.3) is 0 Å². The highest BCUT2D eigenvalue weighted by atomic mass is 14.6. The third-order valence-electron chi connectivity index (χ3n) is 11.0. The highest BCUT2D eigenvalue weighted by molar-refractivity contribution is 5.25. The summed E-state index contributed by atoms with van der Waals surface area (Å²) in [5, 5.41) is 0. The van der Waals surface area contributed by atoms with Gasteiger partial charge in [-0.1, -0.05) is 78.9 Å². The third kappa shape index (κ3) is 3.78. The van der Waals surface area contributed by atoms with Crippen LogP contribution in [0.4, 0.5) is 0 Å². The highest BCUT2D eigenvalue weighted by Gasteiger charge is 2.58. The number of rotatable bonds is 6. The average molecular weight is 399 g/mol. The van der Waals surface area contributed by atoms with E-state index >= 15 is 0 Å². The van der Waals surface area contributed by atoms with E-state index < -0.39 is 0 Å². The summed E-state index contributed by atoms with van der Waals surface area (Å²) in [5.41, 5.74) is 3.08. The van der Waals surface area contributed by atoms with Gasteiger partial charge in [-0.05, 0) is 104 Å². The van der Waals surface area contributed by atoms with E-state index in [9.17, 15) is 0 Å². The number of hydrogen-bond donors (Lipinski definition) is 0. The molecule has 3 saturated carbocycles. The van der Waals surface area contributed by atoms with Crippen LogP contribution in [0.2, 0.25) is 0 Å². The van der Waals surface area contributed by atoms with Crippen LogP contribution in [0.25, 0.3) is 0 Å². The molecule has 0 spiro atoms. The lowest BCUT2D eigenvalue weighted by Gasteiger charge is -2.58. The Kier molecular flexibility index (Phi) is 6.32. The first kappa shape index (κ1) is 22.0. The fourth-order valence-corrected chi connectivity index (χ4v) is 9.11. The maximum Gasteiger partial charge on any atom is -0.00851 e. The topological polar surface area (TPSA) is 0 Å². The molecule has 0 radical (unpaired) electrons. The molecule has 0 aromatic heterocycles. The molecule has 4 rings (SSSR count). The molecule has 0 heterocycles. The van der Waals surface area contributed by atoms with Crippen molar-refractivity contribution in [2.45, 2.75) is 119 Å². The molecule has 29 heavy (non-hydrogen) atoms. The molecule has 3 fully saturated rings. The maximum absolute atomic E-state index is 2.77. The first-order valence-corrected chi connectivity index (χ1v) is 13.5. The Labute approximate surface area is 182 Å².